The molecule has 0 aliphatic carbocycles. The Kier molecular flexibility index (Phi) is 6.49. The third-order valence-corrected chi connectivity index (χ3v) is 5.25. The molecule has 3 rings (SSSR count). The minimum Gasteiger partial charge on any atom is -0.346 e. The van der Waals surface area contributed by atoms with Crippen LogP contribution in [0.2, 0.25) is 0 Å². The summed E-state index contributed by atoms with van der Waals surface area (Å²) in [5.41, 5.74) is 2.66. The molecule has 28 heavy (non-hydrogen) atoms. The zero-order valence-electron chi connectivity index (χ0n) is 16.9. The van der Waals surface area contributed by atoms with E-state index in [1.807, 2.05) is 42.5 Å². The van der Waals surface area contributed by atoms with Gasteiger partial charge >= 0.3 is 0 Å². The number of nitrogens with zero attached hydrogens (tertiary/aromatic N) is 2. The van der Waals surface area contributed by atoms with Crippen LogP contribution in [0.25, 0.3) is 11.1 Å². The van der Waals surface area contributed by atoms with Crippen molar-refractivity contribution in [2.45, 2.75) is 45.1 Å². The summed E-state index contributed by atoms with van der Waals surface area (Å²) in [4.78, 5) is 15.4. The average molecular weight is 376 g/mol. The van der Waals surface area contributed by atoms with Crippen molar-refractivity contribution in [3.8, 4) is 17.2 Å². The number of hydrogen-bond acceptors (Lipinski definition) is 3. The number of hydrogen-bond donors (Lipinski definition) is 1. The molecule has 4 nitrogen and oxygen atoms in total. The fraction of sp³-hybridized carbons (Fsp3) is 0.417. The van der Waals surface area contributed by atoms with Crippen LogP contribution in [-0.2, 0) is 0 Å². The molecule has 0 atom stereocenters. The second-order valence-electron chi connectivity index (χ2n) is 8.27. The number of carbonyl (C=O) groups excluding carboxylic acids is 1. The first-order valence-electron chi connectivity index (χ1n) is 10.1. The van der Waals surface area contributed by atoms with Gasteiger partial charge in [0.2, 0.25) is 0 Å². The Bertz CT molecular complexity index is 858. The standard InChI is InChI=1S/C24H29N3O/c1-24(2,18-27-14-7-3-4-8-15-27)26-23(28)20-12-9-11-19(16-20)22-13-6-5-10-21(22)17-25/h5-6,9-13,16H,3-4,7-8,14-15,18H2,1-2H3,(H,26,28). The predicted octanol–water partition coefficient (Wildman–Crippen LogP) is 4.61. The van der Waals surface area contributed by atoms with Crippen LogP contribution in [0.1, 0.15) is 55.5 Å². The Hall–Kier alpha value is -2.64. The fourth-order valence-corrected chi connectivity index (χ4v) is 3.93. The highest BCUT2D eigenvalue weighted by Gasteiger charge is 2.25. The first-order chi connectivity index (χ1) is 13.5. The Morgan fingerprint density at radius 3 is 2.50 bits per heavy atom. The van der Waals surface area contributed by atoms with Gasteiger partial charge in [0.15, 0.2) is 0 Å². The average Bonchev–Trinajstić information content (AvgIpc) is 2.95. The van der Waals surface area contributed by atoms with Crippen LogP contribution in [0.15, 0.2) is 48.5 Å². The molecule has 0 radical (unpaired) electrons. The molecule has 0 unspecified atom stereocenters. The van der Waals surface area contributed by atoms with Gasteiger partial charge in [0.25, 0.3) is 5.91 Å². The minimum absolute atomic E-state index is 0.0730. The predicted molar refractivity (Wildman–Crippen MR) is 113 cm³/mol. The van der Waals surface area contributed by atoms with E-state index < -0.39 is 0 Å². The van der Waals surface area contributed by atoms with Crippen molar-refractivity contribution >= 4 is 5.91 Å². The number of rotatable bonds is 5. The molecule has 2 aromatic rings. The topological polar surface area (TPSA) is 56.1 Å². The van der Waals surface area contributed by atoms with Gasteiger partial charge in [0.05, 0.1) is 11.6 Å². The van der Waals surface area contributed by atoms with E-state index in [0.717, 1.165) is 30.8 Å². The van der Waals surface area contributed by atoms with Crippen molar-refractivity contribution in [1.82, 2.24) is 10.2 Å². The van der Waals surface area contributed by atoms with Crippen LogP contribution in [0.5, 0.6) is 0 Å². The maximum atomic E-state index is 12.9. The molecule has 146 valence electrons. The van der Waals surface area contributed by atoms with Gasteiger partial charge < -0.3 is 10.2 Å². The van der Waals surface area contributed by atoms with Crippen LogP contribution in [0.3, 0.4) is 0 Å². The first-order valence-corrected chi connectivity index (χ1v) is 10.1. The Morgan fingerprint density at radius 2 is 1.79 bits per heavy atom. The number of carbonyl (C=O) groups is 1. The molecule has 1 fully saturated rings. The molecule has 1 heterocycles. The summed E-state index contributed by atoms with van der Waals surface area (Å²) in [5.74, 6) is -0.0730. The van der Waals surface area contributed by atoms with Crippen molar-refractivity contribution in [3.63, 3.8) is 0 Å². The number of nitrogens with one attached hydrogen (secondary N) is 1. The molecular formula is C24H29N3O. The maximum Gasteiger partial charge on any atom is 0.251 e. The van der Waals surface area contributed by atoms with Gasteiger partial charge in [-0.2, -0.15) is 5.26 Å². The van der Waals surface area contributed by atoms with E-state index in [-0.39, 0.29) is 11.4 Å². The SMILES string of the molecule is CC(C)(CN1CCCCCC1)NC(=O)c1cccc(-c2ccccc2C#N)c1. The highest BCUT2D eigenvalue weighted by molar-refractivity contribution is 5.96. The normalized spacial score (nSPS) is 15.5. The van der Waals surface area contributed by atoms with Gasteiger partial charge in [0, 0.05) is 17.6 Å². The van der Waals surface area contributed by atoms with Crippen molar-refractivity contribution in [1.29, 1.82) is 5.26 Å². The summed E-state index contributed by atoms with van der Waals surface area (Å²) in [6.07, 6.45) is 5.09. The summed E-state index contributed by atoms with van der Waals surface area (Å²) in [6.45, 7) is 7.25. The zero-order valence-corrected chi connectivity index (χ0v) is 16.9. The molecule has 0 spiro atoms. The molecule has 0 aromatic heterocycles. The number of likely N-dealkylation sites (tertiary alicyclic amines) is 1. The van der Waals surface area contributed by atoms with Crippen LogP contribution in [0, 0.1) is 11.3 Å². The van der Waals surface area contributed by atoms with Crippen molar-refractivity contribution < 1.29 is 4.79 Å². The molecule has 1 saturated heterocycles. The number of nitriles is 1. The van der Waals surface area contributed by atoms with Crippen molar-refractivity contribution in [2.75, 3.05) is 19.6 Å². The summed E-state index contributed by atoms with van der Waals surface area (Å²) >= 11 is 0. The lowest BCUT2D eigenvalue weighted by Gasteiger charge is -2.33. The highest BCUT2D eigenvalue weighted by Crippen LogP contribution is 2.24. The summed E-state index contributed by atoms with van der Waals surface area (Å²) < 4.78 is 0. The van der Waals surface area contributed by atoms with Gasteiger partial charge in [-0.3, -0.25) is 4.79 Å². The van der Waals surface area contributed by atoms with Crippen LogP contribution in [-0.4, -0.2) is 36.0 Å². The summed E-state index contributed by atoms with van der Waals surface area (Å²) in [6, 6.07) is 17.2. The lowest BCUT2D eigenvalue weighted by atomic mass is 9.98. The Balaban J connectivity index is 1.73. The van der Waals surface area contributed by atoms with Crippen LogP contribution < -0.4 is 5.32 Å². The Morgan fingerprint density at radius 1 is 1.07 bits per heavy atom. The molecular weight excluding hydrogens is 346 g/mol. The van der Waals surface area contributed by atoms with Gasteiger partial charge in [-0.25, -0.2) is 0 Å². The molecule has 0 bridgehead atoms. The van der Waals surface area contributed by atoms with Gasteiger partial charge in [-0.15, -0.1) is 0 Å². The fourth-order valence-electron chi connectivity index (χ4n) is 3.93. The Labute approximate surface area is 168 Å². The van der Waals surface area contributed by atoms with E-state index in [1.54, 1.807) is 6.07 Å². The number of benzene rings is 2. The minimum atomic E-state index is -0.304. The van der Waals surface area contributed by atoms with Crippen LogP contribution >= 0.6 is 0 Å². The lowest BCUT2D eigenvalue weighted by Crippen LogP contribution is -2.51. The van der Waals surface area contributed by atoms with E-state index in [9.17, 15) is 10.1 Å². The summed E-state index contributed by atoms with van der Waals surface area (Å²) in [7, 11) is 0. The van der Waals surface area contributed by atoms with E-state index >= 15 is 0 Å². The quantitative estimate of drug-likeness (QED) is 0.830. The molecule has 1 aliphatic rings. The maximum absolute atomic E-state index is 12.9. The van der Waals surface area contributed by atoms with Crippen molar-refractivity contribution in [2.24, 2.45) is 0 Å². The molecule has 1 amide bonds. The molecule has 4 heteroatoms. The van der Waals surface area contributed by atoms with E-state index in [1.165, 1.54) is 25.7 Å². The van der Waals surface area contributed by atoms with E-state index in [2.05, 4.69) is 30.1 Å². The highest BCUT2D eigenvalue weighted by atomic mass is 16.1. The smallest absolute Gasteiger partial charge is 0.251 e. The second-order valence-corrected chi connectivity index (χ2v) is 8.27. The van der Waals surface area contributed by atoms with Gasteiger partial charge in [0.1, 0.15) is 0 Å². The molecule has 0 saturated carbocycles. The van der Waals surface area contributed by atoms with E-state index in [4.69, 9.17) is 0 Å². The van der Waals surface area contributed by atoms with Gasteiger partial charge in [-0.1, -0.05) is 43.2 Å². The first kappa shape index (κ1) is 20.1. The molecule has 2 aromatic carbocycles. The number of amides is 1. The van der Waals surface area contributed by atoms with E-state index in [0.29, 0.717) is 11.1 Å². The second kappa shape index (κ2) is 9.03. The largest absolute Gasteiger partial charge is 0.346 e. The molecule has 1 aliphatic heterocycles. The molecule has 1 N–H and O–H groups in total. The zero-order chi connectivity index (χ0) is 20.0. The van der Waals surface area contributed by atoms with Crippen LogP contribution in [0.4, 0.5) is 0 Å². The monoisotopic (exact) mass is 375 g/mol. The summed E-state index contributed by atoms with van der Waals surface area (Å²) in [5, 5.41) is 12.6. The van der Waals surface area contributed by atoms with Gasteiger partial charge in [-0.05, 0) is 69.1 Å². The third kappa shape index (κ3) is 5.21. The lowest BCUT2D eigenvalue weighted by molar-refractivity contribution is 0.0888. The van der Waals surface area contributed by atoms with Crippen molar-refractivity contribution in [3.05, 3.63) is 59.7 Å². The third-order valence-electron chi connectivity index (χ3n) is 5.25.